The minimum absolute atomic E-state index is 0.0379. The Morgan fingerprint density at radius 1 is 0.567 bits per heavy atom. The van der Waals surface area contributed by atoms with Crippen LogP contribution in [-0.4, -0.2) is 46.4 Å². The van der Waals surface area contributed by atoms with E-state index in [0.29, 0.717) is 0 Å². The molecule has 0 aromatic heterocycles. The molecular formula is C20H50O5Si5. The maximum atomic E-state index is 7.64. The zero-order valence-electron chi connectivity index (χ0n) is 22.5. The van der Waals surface area contributed by atoms with Crippen LogP contribution >= 0.6 is 0 Å². The molecule has 1 fully saturated rings. The van der Waals surface area contributed by atoms with Gasteiger partial charge in [0.1, 0.15) is 0 Å². The molecule has 1 rings (SSSR count). The summed E-state index contributed by atoms with van der Waals surface area (Å²) in [6, 6.07) is 0. The highest BCUT2D eigenvalue weighted by molar-refractivity contribution is 6.90. The Morgan fingerprint density at radius 3 is 1.30 bits per heavy atom. The molecule has 0 aromatic carbocycles. The molecule has 0 spiro atoms. The monoisotopic (exact) mass is 510 g/mol. The highest BCUT2D eigenvalue weighted by Crippen LogP contribution is 2.61. The zero-order valence-corrected chi connectivity index (χ0v) is 28.5. The van der Waals surface area contributed by atoms with Crippen molar-refractivity contribution in [3.8, 4) is 0 Å². The van der Waals surface area contributed by atoms with Gasteiger partial charge in [-0.3, -0.25) is 0 Å². The maximum absolute atomic E-state index is 7.64. The third-order valence-corrected chi connectivity index (χ3v) is 24.8. The van der Waals surface area contributed by atoms with Crippen molar-refractivity contribution in [2.24, 2.45) is 0 Å². The molecule has 0 N–H and O–H groups in total. The highest BCUT2D eigenvalue weighted by atomic mass is 28.5. The SMILES string of the molecule is CC(C)(C)[SiH]1O[SiH2]O[SiH2]O[Si](C(C)(C)C)(C(C)(C)C)O[Si](C(C)(C)C)(C(C)(C)C)O1. The van der Waals surface area contributed by atoms with Crippen molar-refractivity contribution in [1.82, 2.24) is 0 Å². The molecule has 10 heteroatoms. The summed E-state index contributed by atoms with van der Waals surface area (Å²) in [5.41, 5.74) is 0. The van der Waals surface area contributed by atoms with E-state index in [1.807, 2.05) is 0 Å². The third kappa shape index (κ3) is 5.68. The Kier molecular flexibility index (Phi) is 8.59. The minimum atomic E-state index is -2.89. The average Bonchev–Trinajstić information content (AvgIpc) is 2.45. The molecule has 0 saturated carbocycles. The molecule has 180 valence electrons. The molecule has 0 bridgehead atoms. The van der Waals surface area contributed by atoms with E-state index >= 15 is 0 Å². The van der Waals surface area contributed by atoms with Crippen molar-refractivity contribution < 1.29 is 20.6 Å². The molecule has 0 aliphatic carbocycles. The van der Waals surface area contributed by atoms with E-state index in [9.17, 15) is 0 Å². The van der Waals surface area contributed by atoms with E-state index in [1.165, 1.54) is 0 Å². The topological polar surface area (TPSA) is 46.2 Å². The fourth-order valence-corrected chi connectivity index (χ4v) is 32.8. The molecule has 1 atom stereocenters. The second-order valence-corrected chi connectivity index (χ2v) is 31.1. The first-order chi connectivity index (χ1) is 13.0. The lowest BCUT2D eigenvalue weighted by atomic mass is 10.2. The van der Waals surface area contributed by atoms with Crippen LogP contribution in [0.25, 0.3) is 0 Å². The standard InChI is InChI=1S/C20H50O5Si5/c1-16(2,3)28-22-26-21-27-23-29(17(4,5)6,18(7,8)9)25-30(24-28,19(10,11)12)20(13,14)15/h28H,26-27H2,1-15H3. The van der Waals surface area contributed by atoms with E-state index in [2.05, 4.69) is 104 Å². The predicted molar refractivity (Wildman–Crippen MR) is 140 cm³/mol. The zero-order chi connectivity index (χ0) is 24.0. The van der Waals surface area contributed by atoms with Crippen LogP contribution in [0.3, 0.4) is 0 Å². The summed E-state index contributed by atoms with van der Waals surface area (Å²) in [5.74, 6) is 0. The summed E-state index contributed by atoms with van der Waals surface area (Å²) < 4.78 is 34.3. The van der Waals surface area contributed by atoms with Gasteiger partial charge in [-0.25, -0.2) is 0 Å². The van der Waals surface area contributed by atoms with E-state index in [1.54, 1.807) is 0 Å². The number of hydrogen-bond donors (Lipinski definition) is 0. The normalized spacial score (nSPS) is 26.7. The Morgan fingerprint density at radius 2 is 0.967 bits per heavy atom. The lowest BCUT2D eigenvalue weighted by molar-refractivity contribution is 0.187. The van der Waals surface area contributed by atoms with E-state index < -0.39 is 46.4 Å². The largest absolute Gasteiger partial charge is 0.425 e. The van der Waals surface area contributed by atoms with Crippen LogP contribution < -0.4 is 0 Å². The number of hydrogen-bond acceptors (Lipinski definition) is 5. The number of rotatable bonds is 0. The van der Waals surface area contributed by atoms with Crippen LogP contribution in [0, 0.1) is 0 Å². The second kappa shape index (κ2) is 8.91. The molecule has 0 radical (unpaired) electrons. The fourth-order valence-electron chi connectivity index (χ4n) is 4.78. The van der Waals surface area contributed by atoms with Crippen molar-refractivity contribution in [3.05, 3.63) is 0 Å². The van der Waals surface area contributed by atoms with Crippen LogP contribution in [0.2, 0.25) is 25.2 Å². The van der Waals surface area contributed by atoms with Crippen molar-refractivity contribution in [1.29, 1.82) is 0 Å². The van der Waals surface area contributed by atoms with Gasteiger partial charge in [-0.1, -0.05) is 104 Å². The minimum Gasteiger partial charge on any atom is -0.425 e. The Bertz CT molecular complexity index is 551. The lowest BCUT2D eigenvalue weighted by Crippen LogP contribution is -2.71. The average molecular weight is 511 g/mol. The first kappa shape index (κ1) is 28.9. The van der Waals surface area contributed by atoms with Crippen LogP contribution in [0.1, 0.15) is 104 Å². The van der Waals surface area contributed by atoms with Gasteiger partial charge in [-0.2, -0.15) is 0 Å². The summed E-state index contributed by atoms with van der Waals surface area (Å²) >= 11 is 0. The van der Waals surface area contributed by atoms with Crippen molar-refractivity contribution in [3.63, 3.8) is 0 Å². The van der Waals surface area contributed by atoms with E-state index in [0.717, 1.165) is 0 Å². The van der Waals surface area contributed by atoms with Gasteiger partial charge in [0.05, 0.1) is 0 Å². The molecule has 30 heavy (non-hydrogen) atoms. The van der Waals surface area contributed by atoms with Gasteiger partial charge in [0.2, 0.25) is 0 Å². The molecule has 1 aliphatic heterocycles. The lowest BCUT2D eigenvalue weighted by Gasteiger charge is -2.60. The maximum Gasteiger partial charge on any atom is 0.331 e. The van der Waals surface area contributed by atoms with E-state index in [4.69, 9.17) is 20.6 Å². The van der Waals surface area contributed by atoms with Gasteiger partial charge in [-0.15, -0.1) is 0 Å². The van der Waals surface area contributed by atoms with Gasteiger partial charge in [0, 0.05) is 25.2 Å². The smallest absolute Gasteiger partial charge is 0.331 e. The van der Waals surface area contributed by atoms with Gasteiger partial charge >= 0.3 is 26.4 Å². The van der Waals surface area contributed by atoms with Crippen molar-refractivity contribution >= 4 is 46.4 Å². The van der Waals surface area contributed by atoms with Gasteiger partial charge in [0.25, 0.3) is 20.0 Å². The van der Waals surface area contributed by atoms with Gasteiger partial charge < -0.3 is 20.6 Å². The molecule has 1 unspecified atom stereocenters. The van der Waals surface area contributed by atoms with Gasteiger partial charge in [0.15, 0.2) is 0 Å². The van der Waals surface area contributed by atoms with Crippen molar-refractivity contribution in [2.75, 3.05) is 0 Å². The molecule has 1 heterocycles. The van der Waals surface area contributed by atoms with Gasteiger partial charge in [-0.05, 0) is 0 Å². The molecule has 0 amide bonds. The van der Waals surface area contributed by atoms with Crippen molar-refractivity contribution in [2.45, 2.75) is 129 Å². The summed E-state index contributed by atoms with van der Waals surface area (Å²) in [5, 5.41) is -0.581. The second-order valence-electron chi connectivity index (χ2n) is 13.9. The fraction of sp³-hybridized carbons (Fsp3) is 1.00. The first-order valence-corrected chi connectivity index (χ1v) is 18.7. The Hall–Kier alpha value is 0.884. The Balaban J connectivity index is 3.91. The molecule has 5 nitrogen and oxygen atoms in total. The van der Waals surface area contributed by atoms with Crippen LogP contribution in [0.15, 0.2) is 0 Å². The highest BCUT2D eigenvalue weighted by Gasteiger charge is 2.69. The summed E-state index contributed by atoms with van der Waals surface area (Å²) in [6.07, 6.45) is 0. The molecule has 1 aliphatic rings. The summed E-state index contributed by atoms with van der Waals surface area (Å²) in [7, 11) is -10.1. The first-order valence-electron chi connectivity index (χ1n) is 11.2. The summed E-state index contributed by atoms with van der Waals surface area (Å²) in [4.78, 5) is 0. The third-order valence-electron chi connectivity index (χ3n) is 5.87. The predicted octanol–water partition coefficient (Wildman–Crippen LogP) is 5.19. The van der Waals surface area contributed by atoms with Crippen LogP contribution in [0.4, 0.5) is 0 Å². The molecular weight excluding hydrogens is 461 g/mol. The Labute approximate surface area is 195 Å². The van der Waals surface area contributed by atoms with E-state index in [-0.39, 0.29) is 25.2 Å². The molecule has 1 saturated heterocycles. The summed E-state index contributed by atoms with van der Waals surface area (Å²) in [6.45, 7) is 34.1. The van der Waals surface area contributed by atoms with Crippen LogP contribution in [0.5, 0.6) is 0 Å². The molecule has 0 aromatic rings. The quantitative estimate of drug-likeness (QED) is 0.420. The van der Waals surface area contributed by atoms with Crippen LogP contribution in [-0.2, 0) is 20.6 Å².